The minimum absolute atomic E-state index is 0.0643. The van der Waals surface area contributed by atoms with Gasteiger partial charge < -0.3 is 9.64 Å². The second-order valence-electron chi connectivity index (χ2n) is 5.56. The molecule has 2 aromatic carbocycles. The maximum atomic E-state index is 12.5. The molecule has 0 aromatic heterocycles. The summed E-state index contributed by atoms with van der Waals surface area (Å²) in [7, 11) is 0. The number of ether oxygens (including phenoxy) is 1. The Labute approximate surface area is 165 Å². The summed E-state index contributed by atoms with van der Waals surface area (Å²) in [6.07, 6.45) is 0. The van der Waals surface area contributed by atoms with Crippen LogP contribution in [0.3, 0.4) is 0 Å². The van der Waals surface area contributed by atoms with Crippen LogP contribution in [0.25, 0.3) is 5.57 Å². The molecule has 0 saturated carbocycles. The van der Waals surface area contributed by atoms with Gasteiger partial charge in [-0.05, 0) is 45.8 Å². The van der Waals surface area contributed by atoms with Crippen LogP contribution in [0.4, 0.5) is 0 Å². The van der Waals surface area contributed by atoms with E-state index >= 15 is 0 Å². The third-order valence-electron chi connectivity index (χ3n) is 3.89. The van der Waals surface area contributed by atoms with Crippen LogP contribution >= 0.6 is 39.3 Å². The van der Waals surface area contributed by atoms with Crippen LogP contribution in [0, 0.1) is 0 Å². The van der Waals surface area contributed by atoms with E-state index in [1.54, 1.807) is 22.7 Å². The first-order valence-electron chi connectivity index (χ1n) is 7.84. The molecular weight excluding hydrogens is 422 g/mol. The number of nitrogens with zero attached hydrogens (tertiary/aromatic N) is 1. The summed E-state index contributed by atoms with van der Waals surface area (Å²) in [5, 5.41) is 0.606. The molecule has 0 atom stereocenters. The minimum atomic E-state index is -0.0643. The molecule has 6 heteroatoms. The molecule has 25 heavy (non-hydrogen) atoms. The van der Waals surface area contributed by atoms with Gasteiger partial charge in [-0.2, -0.15) is 0 Å². The van der Waals surface area contributed by atoms with Gasteiger partial charge in [-0.3, -0.25) is 4.79 Å². The van der Waals surface area contributed by atoms with E-state index in [0.29, 0.717) is 36.9 Å². The fraction of sp³-hybridized carbons (Fsp3) is 0.211. The molecule has 1 aliphatic rings. The molecule has 0 unspecified atom stereocenters. The molecule has 3 rings (SSSR count). The lowest BCUT2D eigenvalue weighted by atomic mass is 10.1. The van der Waals surface area contributed by atoms with Gasteiger partial charge in [-0.25, -0.2) is 0 Å². The van der Waals surface area contributed by atoms with Gasteiger partial charge in [0.2, 0.25) is 0 Å². The smallest absolute Gasteiger partial charge is 0.254 e. The number of benzene rings is 2. The lowest BCUT2D eigenvalue weighted by molar-refractivity contribution is -0.128. The summed E-state index contributed by atoms with van der Waals surface area (Å²) in [4.78, 5) is 16.3. The van der Waals surface area contributed by atoms with E-state index in [9.17, 15) is 4.79 Å². The number of halogens is 2. The van der Waals surface area contributed by atoms with Crippen LogP contribution in [-0.2, 0) is 9.53 Å². The molecule has 1 amide bonds. The average molecular weight is 439 g/mol. The largest absolute Gasteiger partial charge is 0.378 e. The molecule has 0 aliphatic carbocycles. The van der Waals surface area contributed by atoms with Gasteiger partial charge in [0.15, 0.2) is 0 Å². The van der Waals surface area contributed by atoms with E-state index in [1.165, 1.54) is 0 Å². The normalized spacial score (nSPS) is 14.4. The first-order valence-corrected chi connectivity index (χ1v) is 9.83. The number of amides is 1. The van der Waals surface area contributed by atoms with Crippen molar-refractivity contribution in [2.24, 2.45) is 0 Å². The summed E-state index contributed by atoms with van der Waals surface area (Å²) in [5.41, 5.74) is 1.21. The molecular formula is C19H17BrClNO2S. The zero-order chi connectivity index (χ0) is 17.8. The standard InChI is InChI=1S/C19H17BrClNO2S/c1-13(19(23)22-8-10-24-11-9-22)14-6-7-18(16(21)12-14)25-17-5-3-2-4-15(17)20/h2-7,12H,1,8-11H2. The van der Waals surface area contributed by atoms with E-state index in [2.05, 4.69) is 22.5 Å². The summed E-state index contributed by atoms with van der Waals surface area (Å²) in [6.45, 7) is 6.30. The Bertz CT molecular complexity index is 806. The second-order valence-corrected chi connectivity index (χ2v) is 7.91. The Balaban J connectivity index is 1.76. The number of rotatable bonds is 4. The third-order valence-corrected chi connectivity index (χ3v) is 6.42. The molecule has 0 N–H and O–H groups in total. The number of carbonyl (C=O) groups is 1. The fourth-order valence-electron chi connectivity index (χ4n) is 2.50. The highest BCUT2D eigenvalue weighted by Gasteiger charge is 2.21. The van der Waals surface area contributed by atoms with Gasteiger partial charge in [0.05, 0.1) is 18.2 Å². The van der Waals surface area contributed by atoms with Crippen LogP contribution in [0.15, 0.2) is 63.3 Å². The van der Waals surface area contributed by atoms with Crippen molar-refractivity contribution in [2.45, 2.75) is 9.79 Å². The summed E-state index contributed by atoms with van der Waals surface area (Å²) in [5.74, 6) is -0.0643. The van der Waals surface area contributed by atoms with Crippen molar-refractivity contribution in [1.29, 1.82) is 0 Å². The quantitative estimate of drug-likeness (QED) is 0.620. The van der Waals surface area contributed by atoms with Crippen molar-refractivity contribution < 1.29 is 9.53 Å². The number of hydrogen-bond donors (Lipinski definition) is 0. The van der Waals surface area contributed by atoms with Crippen molar-refractivity contribution >= 4 is 50.8 Å². The van der Waals surface area contributed by atoms with Crippen LogP contribution in [0.1, 0.15) is 5.56 Å². The Morgan fingerprint density at radius 1 is 1.16 bits per heavy atom. The predicted octanol–water partition coefficient (Wildman–Crippen LogP) is 5.13. The van der Waals surface area contributed by atoms with E-state index in [-0.39, 0.29) is 5.91 Å². The Morgan fingerprint density at radius 3 is 2.56 bits per heavy atom. The van der Waals surface area contributed by atoms with Gasteiger partial charge in [0.1, 0.15) is 0 Å². The highest BCUT2D eigenvalue weighted by atomic mass is 79.9. The zero-order valence-corrected chi connectivity index (χ0v) is 16.7. The van der Waals surface area contributed by atoms with E-state index < -0.39 is 0 Å². The van der Waals surface area contributed by atoms with Crippen LogP contribution in [-0.4, -0.2) is 37.1 Å². The molecule has 2 aromatic rings. The molecule has 130 valence electrons. The fourth-order valence-corrected chi connectivity index (χ4v) is 4.16. The van der Waals surface area contributed by atoms with Crippen molar-refractivity contribution in [1.82, 2.24) is 4.90 Å². The highest BCUT2D eigenvalue weighted by molar-refractivity contribution is 9.10. The molecule has 1 aliphatic heterocycles. The van der Waals surface area contributed by atoms with Crippen LogP contribution in [0.2, 0.25) is 5.02 Å². The van der Waals surface area contributed by atoms with E-state index in [0.717, 1.165) is 19.8 Å². The van der Waals surface area contributed by atoms with Gasteiger partial charge in [0.25, 0.3) is 5.91 Å². The number of hydrogen-bond acceptors (Lipinski definition) is 3. The molecule has 1 fully saturated rings. The van der Waals surface area contributed by atoms with E-state index in [4.69, 9.17) is 16.3 Å². The van der Waals surface area contributed by atoms with Crippen molar-refractivity contribution in [3.8, 4) is 0 Å². The Kier molecular flexibility index (Phi) is 6.23. The molecule has 1 saturated heterocycles. The maximum Gasteiger partial charge on any atom is 0.254 e. The summed E-state index contributed by atoms with van der Waals surface area (Å²) >= 11 is 11.6. The molecule has 0 bridgehead atoms. The van der Waals surface area contributed by atoms with Crippen LogP contribution < -0.4 is 0 Å². The zero-order valence-electron chi connectivity index (χ0n) is 13.5. The molecule has 0 spiro atoms. The SMILES string of the molecule is C=C(C(=O)N1CCOCC1)c1ccc(Sc2ccccc2Br)c(Cl)c1. The monoisotopic (exact) mass is 437 g/mol. The third kappa shape index (κ3) is 4.47. The topological polar surface area (TPSA) is 29.5 Å². The van der Waals surface area contributed by atoms with Gasteiger partial charge in [0, 0.05) is 32.9 Å². The lowest BCUT2D eigenvalue weighted by Crippen LogP contribution is -2.40. The number of carbonyl (C=O) groups excluding carboxylic acids is 1. The Hall–Kier alpha value is -1.27. The first-order chi connectivity index (χ1) is 12.1. The van der Waals surface area contributed by atoms with Gasteiger partial charge in [-0.15, -0.1) is 0 Å². The summed E-state index contributed by atoms with van der Waals surface area (Å²) in [6, 6.07) is 13.6. The van der Waals surface area contributed by atoms with Crippen molar-refractivity contribution in [3.63, 3.8) is 0 Å². The first kappa shape index (κ1) is 18.5. The Morgan fingerprint density at radius 2 is 1.88 bits per heavy atom. The lowest BCUT2D eigenvalue weighted by Gasteiger charge is -2.27. The predicted molar refractivity (Wildman–Crippen MR) is 106 cm³/mol. The minimum Gasteiger partial charge on any atom is -0.378 e. The van der Waals surface area contributed by atoms with Crippen molar-refractivity contribution in [3.05, 3.63) is 64.1 Å². The molecule has 1 heterocycles. The van der Waals surface area contributed by atoms with E-state index in [1.807, 2.05) is 36.4 Å². The van der Waals surface area contributed by atoms with Crippen LogP contribution in [0.5, 0.6) is 0 Å². The van der Waals surface area contributed by atoms with Gasteiger partial charge in [-0.1, -0.05) is 48.1 Å². The molecule has 0 radical (unpaired) electrons. The second kappa shape index (κ2) is 8.41. The highest BCUT2D eigenvalue weighted by Crippen LogP contribution is 2.38. The van der Waals surface area contributed by atoms with Crippen molar-refractivity contribution in [2.75, 3.05) is 26.3 Å². The summed E-state index contributed by atoms with van der Waals surface area (Å²) < 4.78 is 6.31. The van der Waals surface area contributed by atoms with Gasteiger partial charge >= 0.3 is 0 Å². The maximum absolute atomic E-state index is 12.5. The number of morpholine rings is 1. The average Bonchev–Trinajstić information content (AvgIpc) is 2.64. The molecule has 3 nitrogen and oxygen atoms in total.